The largest absolute Gasteiger partial charge is 0.416 e. The molecule has 210 valence electrons. The summed E-state index contributed by atoms with van der Waals surface area (Å²) < 4.78 is 105. The molecule has 4 unspecified atom stereocenters. The first-order chi connectivity index (χ1) is 17.7. The van der Waals surface area contributed by atoms with Crippen LogP contribution in [-0.2, 0) is 26.6 Å². The fraction of sp³-hybridized carbons (Fsp3) is 0.500. The average Bonchev–Trinajstić information content (AvgIpc) is 3.23. The SMILES string of the molecule is COCCN(CC(N)=O)C1CCC(OC(C)c2cc(C(F)(F)F)cc(C(F)(F)F)c2)C1c1ccc(F)cc1. The lowest BCUT2D eigenvalue weighted by Gasteiger charge is -2.35. The van der Waals surface area contributed by atoms with Crippen LogP contribution in [-0.4, -0.2) is 49.8 Å². The van der Waals surface area contributed by atoms with Crippen LogP contribution in [0.3, 0.4) is 0 Å². The fourth-order valence-electron chi connectivity index (χ4n) is 4.95. The van der Waals surface area contributed by atoms with Crippen LogP contribution in [0.1, 0.15) is 54.0 Å². The van der Waals surface area contributed by atoms with Gasteiger partial charge in [-0.3, -0.25) is 9.69 Å². The van der Waals surface area contributed by atoms with Crippen LogP contribution in [0.15, 0.2) is 42.5 Å². The molecule has 1 aliphatic rings. The number of nitrogens with two attached hydrogens (primary N) is 1. The fourth-order valence-corrected chi connectivity index (χ4v) is 4.95. The van der Waals surface area contributed by atoms with Crippen LogP contribution in [0.2, 0.25) is 0 Å². The Morgan fingerprint density at radius 2 is 1.61 bits per heavy atom. The third-order valence-electron chi connectivity index (χ3n) is 6.69. The molecule has 12 heteroatoms. The van der Waals surface area contributed by atoms with Crippen molar-refractivity contribution in [2.24, 2.45) is 5.73 Å². The van der Waals surface area contributed by atoms with Crippen molar-refractivity contribution in [3.8, 4) is 0 Å². The number of hydrogen-bond donors (Lipinski definition) is 1. The van der Waals surface area contributed by atoms with Gasteiger partial charge in [0.2, 0.25) is 5.91 Å². The molecule has 38 heavy (non-hydrogen) atoms. The van der Waals surface area contributed by atoms with E-state index < -0.39 is 53.3 Å². The van der Waals surface area contributed by atoms with E-state index in [9.17, 15) is 35.5 Å². The number of halogens is 7. The Bertz CT molecular complexity index is 1060. The van der Waals surface area contributed by atoms with Crippen molar-refractivity contribution in [3.05, 3.63) is 70.5 Å². The third kappa shape index (κ3) is 7.45. The molecule has 0 aromatic heterocycles. The van der Waals surface area contributed by atoms with Crippen molar-refractivity contribution in [3.63, 3.8) is 0 Å². The topological polar surface area (TPSA) is 64.8 Å². The summed E-state index contributed by atoms with van der Waals surface area (Å²) in [6, 6.07) is 6.64. The van der Waals surface area contributed by atoms with E-state index in [-0.39, 0.29) is 30.8 Å². The monoisotopic (exact) mass is 550 g/mol. The van der Waals surface area contributed by atoms with Gasteiger partial charge in [-0.25, -0.2) is 4.39 Å². The first-order valence-corrected chi connectivity index (χ1v) is 11.9. The van der Waals surface area contributed by atoms with Gasteiger partial charge in [-0.15, -0.1) is 0 Å². The number of amides is 1. The van der Waals surface area contributed by atoms with Gasteiger partial charge in [0, 0.05) is 25.6 Å². The van der Waals surface area contributed by atoms with Gasteiger partial charge >= 0.3 is 12.4 Å². The van der Waals surface area contributed by atoms with Gasteiger partial charge in [-0.1, -0.05) is 12.1 Å². The minimum atomic E-state index is -4.98. The molecule has 1 saturated carbocycles. The number of ether oxygens (including phenoxy) is 2. The number of benzene rings is 2. The summed E-state index contributed by atoms with van der Waals surface area (Å²) in [5.74, 6) is -1.53. The van der Waals surface area contributed by atoms with Gasteiger partial charge in [0.05, 0.1) is 36.5 Å². The van der Waals surface area contributed by atoms with Crippen molar-refractivity contribution >= 4 is 5.91 Å². The highest BCUT2D eigenvalue weighted by atomic mass is 19.4. The Balaban J connectivity index is 1.96. The predicted molar refractivity (Wildman–Crippen MR) is 125 cm³/mol. The van der Waals surface area contributed by atoms with Crippen LogP contribution in [0.5, 0.6) is 0 Å². The molecule has 4 atom stereocenters. The number of rotatable bonds is 10. The summed E-state index contributed by atoms with van der Waals surface area (Å²) in [5, 5.41) is 0. The van der Waals surface area contributed by atoms with Gasteiger partial charge < -0.3 is 15.2 Å². The molecule has 2 aromatic carbocycles. The zero-order valence-corrected chi connectivity index (χ0v) is 20.8. The van der Waals surface area contributed by atoms with Gasteiger partial charge in [0.1, 0.15) is 5.82 Å². The molecule has 0 heterocycles. The highest BCUT2D eigenvalue weighted by Crippen LogP contribution is 2.43. The molecule has 0 aliphatic heterocycles. The highest BCUT2D eigenvalue weighted by Gasteiger charge is 2.43. The normalized spacial score (nSPS) is 21.2. The predicted octanol–water partition coefficient (Wildman–Crippen LogP) is 5.69. The van der Waals surface area contributed by atoms with Gasteiger partial charge in [-0.2, -0.15) is 26.3 Å². The summed E-state index contributed by atoms with van der Waals surface area (Å²) >= 11 is 0. The Kier molecular flexibility index (Phi) is 9.43. The second-order valence-corrected chi connectivity index (χ2v) is 9.31. The van der Waals surface area contributed by atoms with Gasteiger partial charge in [0.15, 0.2) is 0 Å². The van der Waals surface area contributed by atoms with Gasteiger partial charge in [0.25, 0.3) is 0 Å². The molecule has 1 fully saturated rings. The molecule has 1 aliphatic carbocycles. The molecule has 3 rings (SSSR count). The van der Waals surface area contributed by atoms with E-state index >= 15 is 0 Å². The summed E-state index contributed by atoms with van der Waals surface area (Å²) in [5.41, 5.74) is 2.96. The van der Waals surface area contributed by atoms with Crippen molar-refractivity contribution in [2.75, 3.05) is 26.8 Å². The van der Waals surface area contributed by atoms with E-state index in [1.165, 1.54) is 26.2 Å². The van der Waals surface area contributed by atoms with E-state index in [1.54, 1.807) is 17.0 Å². The Labute approximate surface area is 215 Å². The van der Waals surface area contributed by atoms with Crippen molar-refractivity contribution in [1.82, 2.24) is 4.90 Å². The molecule has 2 N–H and O–H groups in total. The molecular weight excluding hydrogens is 521 g/mol. The second-order valence-electron chi connectivity index (χ2n) is 9.31. The summed E-state index contributed by atoms with van der Waals surface area (Å²) in [6.45, 7) is 1.91. The lowest BCUT2D eigenvalue weighted by Crippen LogP contribution is -2.45. The minimum absolute atomic E-state index is 0.0701. The number of nitrogens with zero attached hydrogens (tertiary/aromatic N) is 1. The zero-order valence-electron chi connectivity index (χ0n) is 20.8. The minimum Gasteiger partial charge on any atom is -0.383 e. The number of carbonyl (C=O) groups is 1. The first kappa shape index (κ1) is 29.9. The maximum Gasteiger partial charge on any atom is 0.416 e. The highest BCUT2D eigenvalue weighted by molar-refractivity contribution is 5.76. The molecule has 0 radical (unpaired) electrons. The zero-order chi connectivity index (χ0) is 28.3. The number of carbonyl (C=O) groups excluding carboxylic acids is 1. The maximum atomic E-state index is 13.7. The molecule has 1 amide bonds. The smallest absolute Gasteiger partial charge is 0.383 e. The summed E-state index contributed by atoms with van der Waals surface area (Å²) in [7, 11) is 1.49. The molecular formula is C26H29F7N2O3. The van der Waals surface area contributed by atoms with Crippen LogP contribution < -0.4 is 5.73 Å². The lowest BCUT2D eigenvalue weighted by atomic mass is 9.91. The number of alkyl halides is 6. The molecule has 0 saturated heterocycles. The Morgan fingerprint density at radius 1 is 1.03 bits per heavy atom. The van der Waals surface area contributed by atoms with Crippen LogP contribution in [0.4, 0.5) is 30.7 Å². The van der Waals surface area contributed by atoms with Crippen LogP contribution in [0.25, 0.3) is 0 Å². The third-order valence-corrected chi connectivity index (χ3v) is 6.69. The molecule has 5 nitrogen and oxygen atoms in total. The van der Waals surface area contributed by atoms with Crippen molar-refractivity contribution in [2.45, 2.75) is 56.3 Å². The Hall–Kier alpha value is -2.70. The van der Waals surface area contributed by atoms with E-state index in [0.717, 1.165) is 0 Å². The number of hydrogen-bond acceptors (Lipinski definition) is 4. The maximum absolute atomic E-state index is 13.7. The number of primary amides is 1. The van der Waals surface area contributed by atoms with Crippen molar-refractivity contribution in [1.29, 1.82) is 0 Å². The number of methoxy groups -OCH3 is 1. The molecule has 0 bridgehead atoms. The molecule has 0 spiro atoms. The van der Waals surface area contributed by atoms with E-state index in [0.29, 0.717) is 37.1 Å². The second kappa shape index (κ2) is 12.0. The van der Waals surface area contributed by atoms with Gasteiger partial charge in [-0.05, 0) is 61.2 Å². The van der Waals surface area contributed by atoms with Crippen LogP contribution in [0, 0.1) is 5.82 Å². The standard InChI is InChI=1S/C26H29F7N2O3/c1-15(17-11-18(25(28,29)30)13-19(12-17)26(31,32)33)38-22-8-7-21(35(9-10-37-2)14-23(34)36)24(22)16-3-5-20(27)6-4-16/h3-6,11-13,15,21-22,24H,7-10,14H2,1-2H3,(H2,34,36). The Morgan fingerprint density at radius 3 is 2.11 bits per heavy atom. The molecule has 2 aromatic rings. The van der Waals surface area contributed by atoms with Crippen molar-refractivity contribution < 1.29 is 45.0 Å². The first-order valence-electron chi connectivity index (χ1n) is 11.9. The average molecular weight is 551 g/mol. The lowest BCUT2D eigenvalue weighted by molar-refractivity contribution is -0.143. The van der Waals surface area contributed by atoms with E-state index in [1.807, 2.05) is 0 Å². The summed E-state index contributed by atoms with van der Waals surface area (Å²) in [4.78, 5) is 13.6. The van der Waals surface area contributed by atoms with E-state index in [4.69, 9.17) is 15.2 Å². The van der Waals surface area contributed by atoms with E-state index in [2.05, 4.69) is 0 Å². The summed E-state index contributed by atoms with van der Waals surface area (Å²) in [6.07, 6.45) is -10.9. The quantitative estimate of drug-likeness (QED) is 0.386. The van der Waals surface area contributed by atoms with Crippen LogP contribution >= 0.6 is 0 Å².